The lowest BCUT2D eigenvalue weighted by atomic mass is 10.0. The van der Waals surface area contributed by atoms with E-state index in [1.54, 1.807) is 51.2 Å². The van der Waals surface area contributed by atoms with Gasteiger partial charge in [0.15, 0.2) is 21.4 Å². The Morgan fingerprint density at radius 2 is 1.58 bits per heavy atom. The molecule has 0 saturated heterocycles. The minimum Gasteiger partial charge on any atom is -0.445 e. The van der Waals surface area contributed by atoms with E-state index in [4.69, 9.17) is 14.7 Å². The van der Waals surface area contributed by atoms with Gasteiger partial charge in [0.1, 0.15) is 17.9 Å². The van der Waals surface area contributed by atoms with Crippen molar-refractivity contribution >= 4 is 44.3 Å². The molecule has 0 unspecified atom stereocenters. The van der Waals surface area contributed by atoms with Crippen LogP contribution in [0.15, 0.2) is 96.0 Å². The molecule has 3 N–H and O–H groups in total. The average Bonchev–Trinajstić information content (AvgIpc) is 3.50. The molecule has 232 valence electrons. The van der Waals surface area contributed by atoms with Crippen molar-refractivity contribution in [3.63, 3.8) is 0 Å². The molecule has 0 radical (unpaired) electrons. The van der Waals surface area contributed by atoms with Crippen LogP contribution < -0.4 is 10.6 Å². The molecular formula is C34H35N5O5S. The Morgan fingerprint density at radius 3 is 2.36 bits per heavy atom. The minimum absolute atomic E-state index is 0.118. The fourth-order valence-corrected chi connectivity index (χ4v) is 5.97. The largest absolute Gasteiger partial charge is 0.445 e. The van der Waals surface area contributed by atoms with Gasteiger partial charge >= 0.3 is 6.09 Å². The zero-order valence-corrected chi connectivity index (χ0v) is 26.1. The molecule has 0 aliphatic carbocycles. The summed E-state index contributed by atoms with van der Waals surface area (Å²) < 4.78 is 31.3. The summed E-state index contributed by atoms with van der Waals surface area (Å²) in [6.45, 7) is 5.05. The van der Waals surface area contributed by atoms with Crippen molar-refractivity contribution in [2.75, 3.05) is 5.32 Å². The van der Waals surface area contributed by atoms with Crippen molar-refractivity contribution < 1.29 is 22.7 Å². The van der Waals surface area contributed by atoms with Gasteiger partial charge in [0.25, 0.3) is 0 Å². The van der Waals surface area contributed by atoms with Crippen LogP contribution in [0.3, 0.4) is 0 Å². The Balaban J connectivity index is 1.28. The number of Topliss-reactive ketones (excluding diaryl/α,β-unsaturated/α-hetero) is 1. The summed E-state index contributed by atoms with van der Waals surface area (Å²) in [5, 5.41) is 5.24. The first-order chi connectivity index (χ1) is 21.6. The lowest BCUT2D eigenvalue weighted by molar-refractivity contribution is -0.120. The van der Waals surface area contributed by atoms with E-state index in [1.165, 1.54) is 0 Å². The Labute approximate surface area is 262 Å². The number of hydrogen-bond acceptors (Lipinski definition) is 8. The molecule has 1 amide bonds. The molecule has 0 aliphatic rings. The van der Waals surface area contributed by atoms with E-state index in [0.717, 1.165) is 16.7 Å². The van der Waals surface area contributed by atoms with Gasteiger partial charge in [0.2, 0.25) is 0 Å². The number of aromatic amines is 1. The fourth-order valence-electron chi connectivity index (χ4n) is 4.77. The van der Waals surface area contributed by atoms with Crippen LogP contribution in [-0.4, -0.2) is 46.5 Å². The van der Waals surface area contributed by atoms with Crippen LogP contribution in [0.1, 0.15) is 43.3 Å². The van der Waals surface area contributed by atoms with Gasteiger partial charge in [-0.15, -0.1) is 0 Å². The number of anilines is 2. The SMILES string of the molecule is CC(C)S(=O)(=O)c1ccccc1Nc1nc(Cc2cccc(CC(=O)[C@H](C)NC(=O)OCc3ccccc3)c2)nc2cc[nH]c12. The van der Waals surface area contributed by atoms with Crippen molar-refractivity contribution in [3.05, 3.63) is 114 Å². The number of aromatic nitrogens is 3. The molecule has 2 aromatic heterocycles. The number of carbonyl (C=O) groups is 2. The van der Waals surface area contributed by atoms with Gasteiger partial charge in [0, 0.05) is 19.0 Å². The summed E-state index contributed by atoms with van der Waals surface area (Å²) in [6, 6.07) is 24.8. The van der Waals surface area contributed by atoms with E-state index in [2.05, 4.69) is 15.6 Å². The predicted octanol–water partition coefficient (Wildman–Crippen LogP) is 5.90. The van der Waals surface area contributed by atoms with Crippen molar-refractivity contribution in [1.82, 2.24) is 20.3 Å². The Hall–Kier alpha value is -5.03. The fraction of sp³-hybridized carbons (Fsp3) is 0.235. The number of nitrogens with zero attached hydrogens (tertiary/aromatic N) is 2. The Kier molecular flexibility index (Phi) is 9.58. The van der Waals surface area contributed by atoms with Crippen molar-refractivity contribution in [3.8, 4) is 0 Å². The third-order valence-corrected chi connectivity index (χ3v) is 9.49. The quantitative estimate of drug-likeness (QED) is 0.156. The Bertz CT molecular complexity index is 1920. The van der Waals surface area contributed by atoms with E-state index in [1.807, 2.05) is 60.7 Å². The molecule has 0 spiro atoms. The van der Waals surface area contributed by atoms with Crippen LogP contribution in [0.5, 0.6) is 0 Å². The summed E-state index contributed by atoms with van der Waals surface area (Å²) in [5.41, 5.74) is 4.30. The molecule has 0 bridgehead atoms. The van der Waals surface area contributed by atoms with Crippen LogP contribution in [-0.2, 0) is 38.8 Å². The van der Waals surface area contributed by atoms with Crippen LogP contribution in [0.25, 0.3) is 11.0 Å². The number of hydrogen-bond donors (Lipinski definition) is 3. The molecule has 3 aromatic carbocycles. The lowest BCUT2D eigenvalue weighted by Crippen LogP contribution is -2.39. The number of alkyl carbamates (subject to hydrolysis) is 1. The molecule has 45 heavy (non-hydrogen) atoms. The van der Waals surface area contributed by atoms with Gasteiger partial charge < -0.3 is 20.4 Å². The predicted molar refractivity (Wildman–Crippen MR) is 173 cm³/mol. The number of carbonyl (C=O) groups excluding carboxylic acids is 2. The number of nitrogens with one attached hydrogen (secondary N) is 3. The first-order valence-corrected chi connectivity index (χ1v) is 16.2. The van der Waals surface area contributed by atoms with E-state index in [9.17, 15) is 18.0 Å². The summed E-state index contributed by atoms with van der Waals surface area (Å²) in [4.78, 5) is 37.9. The second-order valence-electron chi connectivity index (χ2n) is 11.0. The lowest BCUT2D eigenvalue weighted by Gasteiger charge is -2.15. The van der Waals surface area contributed by atoms with Gasteiger partial charge in [-0.1, -0.05) is 66.7 Å². The summed E-state index contributed by atoms with van der Waals surface area (Å²) in [7, 11) is -3.54. The third-order valence-electron chi connectivity index (χ3n) is 7.28. The smallest absolute Gasteiger partial charge is 0.408 e. The molecule has 0 aliphatic heterocycles. The zero-order chi connectivity index (χ0) is 32.0. The van der Waals surface area contributed by atoms with Gasteiger partial charge in [-0.25, -0.2) is 23.2 Å². The van der Waals surface area contributed by atoms with E-state index in [-0.39, 0.29) is 23.7 Å². The number of ketones is 1. The van der Waals surface area contributed by atoms with Gasteiger partial charge in [0.05, 0.1) is 27.4 Å². The number of ether oxygens (including phenoxy) is 1. The molecule has 0 fully saturated rings. The van der Waals surface area contributed by atoms with Crippen molar-refractivity contribution in [1.29, 1.82) is 0 Å². The molecule has 2 heterocycles. The van der Waals surface area contributed by atoms with E-state index in [0.29, 0.717) is 34.8 Å². The van der Waals surface area contributed by atoms with Crippen molar-refractivity contribution in [2.24, 2.45) is 0 Å². The van der Waals surface area contributed by atoms with Gasteiger partial charge in [-0.05, 0) is 55.7 Å². The number of sulfone groups is 1. The van der Waals surface area contributed by atoms with Crippen LogP contribution in [0.4, 0.5) is 16.3 Å². The number of fused-ring (bicyclic) bond motifs is 1. The molecule has 5 rings (SSSR count). The standard InChI is InChI=1S/C34H35N5O5S/c1-22(2)45(42,43)30-15-8-7-14-27(30)38-33-32-28(16-17-35-32)37-31(39-33)20-26-13-9-12-25(18-26)19-29(40)23(3)36-34(41)44-21-24-10-5-4-6-11-24/h4-18,22-23,35H,19-21H2,1-3H3,(H,36,41)(H,37,38,39)/t23-/m0/s1. The highest BCUT2D eigenvalue weighted by atomic mass is 32.2. The topological polar surface area (TPSA) is 143 Å². The third kappa shape index (κ3) is 7.74. The Morgan fingerprint density at radius 1 is 0.867 bits per heavy atom. The molecular weight excluding hydrogens is 590 g/mol. The van der Waals surface area contributed by atoms with Crippen LogP contribution in [0, 0.1) is 0 Å². The maximum atomic E-state index is 13.0. The average molecular weight is 626 g/mol. The normalized spacial score (nSPS) is 12.2. The zero-order valence-electron chi connectivity index (χ0n) is 25.3. The summed E-state index contributed by atoms with van der Waals surface area (Å²) in [5.74, 6) is 0.820. The second-order valence-corrected chi connectivity index (χ2v) is 13.5. The highest BCUT2D eigenvalue weighted by Crippen LogP contribution is 2.30. The summed E-state index contributed by atoms with van der Waals surface area (Å²) in [6.07, 6.45) is 1.60. The van der Waals surface area contributed by atoms with Gasteiger partial charge in [-0.3, -0.25) is 4.79 Å². The second kappa shape index (κ2) is 13.7. The first-order valence-electron chi connectivity index (χ1n) is 14.6. The van der Waals surface area contributed by atoms with E-state index >= 15 is 0 Å². The number of amides is 1. The molecule has 0 saturated carbocycles. The van der Waals surface area contributed by atoms with E-state index < -0.39 is 27.2 Å². The maximum Gasteiger partial charge on any atom is 0.408 e. The number of rotatable bonds is 12. The summed E-state index contributed by atoms with van der Waals surface area (Å²) >= 11 is 0. The maximum absolute atomic E-state index is 13.0. The monoisotopic (exact) mass is 625 g/mol. The molecule has 11 heteroatoms. The highest BCUT2D eigenvalue weighted by molar-refractivity contribution is 7.92. The highest BCUT2D eigenvalue weighted by Gasteiger charge is 2.23. The molecule has 10 nitrogen and oxygen atoms in total. The van der Waals surface area contributed by atoms with Crippen LogP contribution in [0.2, 0.25) is 0 Å². The minimum atomic E-state index is -3.54. The number of para-hydroxylation sites is 1. The van der Waals surface area contributed by atoms with Crippen molar-refractivity contribution in [2.45, 2.75) is 56.4 Å². The molecule has 5 aromatic rings. The molecule has 1 atom stereocenters. The van der Waals surface area contributed by atoms with Gasteiger partial charge in [-0.2, -0.15) is 0 Å². The first kappa shape index (κ1) is 31.4. The number of H-pyrrole nitrogens is 1. The number of benzene rings is 3. The van der Waals surface area contributed by atoms with Crippen LogP contribution >= 0.6 is 0 Å².